The van der Waals surface area contributed by atoms with E-state index in [0.29, 0.717) is 6.07 Å². The highest BCUT2D eigenvalue weighted by atomic mass is 32.2. The second-order valence-corrected chi connectivity index (χ2v) is 8.93. The van der Waals surface area contributed by atoms with Crippen molar-refractivity contribution < 1.29 is 36.3 Å². The van der Waals surface area contributed by atoms with Gasteiger partial charge in [-0.05, 0) is 37.3 Å². The molecule has 0 fully saturated rings. The van der Waals surface area contributed by atoms with Gasteiger partial charge in [0, 0.05) is 24.4 Å². The highest BCUT2D eigenvalue weighted by Gasteiger charge is 2.38. The van der Waals surface area contributed by atoms with Crippen LogP contribution in [-0.4, -0.2) is 56.6 Å². The molecule has 0 saturated carbocycles. The molecule has 0 aliphatic rings. The molecule has 0 aliphatic heterocycles. The number of nitrogens with one attached hydrogen (secondary N) is 2. The summed E-state index contributed by atoms with van der Waals surface area (Å²) in [6, 6.07) is 5.46. The number of anilines is 1. The van der Waals surface area contributed by atoms with Gasteiger partial charge in [0.1, 0.15) is 0 Å². The Morgan fingerprint density at radius 2 is 1.77 bits per heavy atom. The molecule has 2 rings (SSSR count). The molecule has 166 valence electrons. The molecular weight excluding hydrogens is 438 g/mol. The summed E-state index contributed by atoms with van der Waals surface area (Å²) in [6.45, 7) is 0.922. The molecule has 1 atom stereocenters. The lowest BCUT2D eigenvalue weighted by molar-refractivity contribution is -0.137. The Hall–Kier alpha value is -2.93. The SMILES string of the molecule is Bc1ncc(NC(=O)C(C)(O)CS(=O)(=O)c2ccc(C(=O)NC)cc2)cc1C(F)(F)F. The molecule has 1 aromatic carbocycles. The third kappa shape index (κ3) is 5.82. The summed E-state index contributed by atoms with van der Waals surface area (Å²) >= 11 is 0. The van der Waals surface area contributed by atoms with Crippen molar-refractivity contribution in [2.45, 2.75) is 23.6 Å². The second kappa shape index (κ2) is 8.67. The Labute approximate surface area is 177 Å². The van der Waals surface area contributed by atoms with E-state index in [4.69, 9.17) is 0 Å². The van der Waals surface area contributed by atoms with Gasteiger partial charge >= 0.3 is 6.18 Å². The van der Waals surface area contributed by atoms with E-state index >= 15 is 0 Å². The number of hydrogen-bond donors (Lipinski definition) is 3. The van der Waals surface area contributed by atoms with Crippen LogP contribution in [0.15, 0.2) is 41.4 Å². The Morgan fingerprint density at radius 1 is 1.19 bits per heavy atom. The molecule has 8 nitrogen and oxygen atoms in total. The van der Waals surface area contributed by atoms with Gasteiger partial charge in [0.25, 0.3) is 11.8 Å². The van der Waals surface area contributed by atoms with Crippen LogP contribution in [0.4, 0.5) is 18.9 Å². The molecule has 0 bridgehead atoms. The predicted molar refractivity (Wildman–Crippen MR) is 109 cm³/mol. The zero-order valence-corrected chi connectivity index (χ0v) is 17.6. The molecule has 0 spiro atoms. The molecule has 2 amide bonds. The van der Waals surface area contributed by atoms with Crippen LogP contribution in [-0.2, 0) is 20.8 Å². The van der Waals surface area contributed by atoms with Crippen LogP contribution < -0.4 is 16.2 Å². The minimum atomic E-state index is -4.70. The van der Waals surface area contributed by atoms with E-state index in [9.17, 15) is 36.3 Å². The summed E-state index contributed by atoms with van der Waals surface area (Å²) in [7, 11) is -1.63. The molecule has 13 heteroatoms. The largest absolute Gasteiger partial charge is 0.417 e. The number of nitrogens with zero attached hydrogens (tertiary/aromatic N) is 1. The zero-order chi connectivity index (χ0) is 23.6. The van der Waals surface area contributed by atoms with Gasteiger partial charge in [-0.15, -0.1) is 0 Å². The van der Waals surface area contributed by atoms with Gasteiger partial charge in [-0.3, -0.25) is 14.6 Å². The van der Waals surface area contributed by atoms with Crippen LogP contribution >= 0.6 is 0 Å². The molecule has 0 aliphatic carbocycles. The minimum Gasteiger partial charge on any atom is -0.379 e. The Kier molecular flexibility index (Phi) is 6.81. The highest BCUT2D eigenvalue weighted by molar-refractivity contribution is 7.91. The summed E-state index contributed by atoms with van der Waals surface area (Å²) in [6.07, 6.45) is -3.74. The number of pyridine rings is 1. The quantitative estimate of drug-likeness (QED) is 0.520. The number of benzene rings is 1. The monoisotopic (exact) mass is 457 g/mol. The number of halogens is 3. The predicted octanol–water partition coefficient (Wildman–Crippen LogP) is -0.118. The maximum atomic E-state index is 13.0. The summed E-state index contributed by atoms with van der Waals surface area (Å²) < 4.78 is 64.2. The minimum absolute atomic E-state index is 0.207. The van der Waals surface area contributed by atoms with Crippen molar-refractivity contribution in [1.82, 2.24) is 10.3 Å². The zero-order valence-electron chi connectivity index (χ0n) is 16.7. The fourth-order valence-corrected chi connectivity index (χ4v) is 4.22. The molecule has 1 aromatic heterocycles. The highest BCUT2D eigenvalue weighted by Crippen LogP contribution is 2.29. The summed E-state index contributed by atoms with van der Waals surface area (Å²) in [5, 5.41) is 14.8. The first kappa shape index (κ1) is 24.3. The fourth-order valence-electron chi connectivity index (χ4n) is 2.63. The summed E-state index contributed by atoms with van der Waals surface area (Å²) in [5.74, 6) is -2.70. The van der Waals surface area contributed by atoms with Crippen molar-refractivity contribution in [3.05, 3.63) is 47.7 Å². The van der Waals surface area contributed by atoms with Crippen LogP contribution in [0.2, 0.25) is 0 Å². The number of carbonyl (C=O) groups is 2. The van der Waals surface area contributed by atoms with Gasteiger partial charge in [0.15, 0.2) is 23.3 Å². The van der Waals surface area contributed by atoms with Gasteiger partial charge in [0.2, 0.25) is 0 Å². The Balaban J connectivity index is 2.21. The molecule has 0 saturated heterocycles. The van der Waals surface area contributed by atoms with Crippen LogP contribution in [0.3, 0.4) is 0 Å². The van der Waals surface area contributed by atoms with Crippen molar-refractivity contribution in [2.24, 2.45) is 0 Å². The Morgan fingerprint density at radius 3 is 2.29 bits per heavy atom. The van der Waals surface area contributed by atoms with E-state index in [-0.39, 0.29) is 21.7 Å². The third-order valence-corrected chi connectivity index (χ3v) is 6.25. The van der Waals surface area contributed by atoms with Gasteiger partial charge < -0.3 is 15.7 Å². The van der Waals surface area contributed by atoms with E-state index in [1.165, 1.54) is 19.2 Å². The van der Waals surface area contributed by atoms with Crippen LogP contribution in [0, 0.1) is 0 Å². The van der Waals surface area contributed by atoms with E-state index in [1.807, 2.05) is 0 Å². The van der Waals surface area contributed by atoms with E-state index in [1.54, 1.807) is 0 Å². The maximum Gasteiger partial charge on any atom is 0.417 e. The topological polar surface area (TPSA) is 125 Å². The van der Waals surface area contributed by atoms with Gasteiger partial charge in [-0.2, -0.15) is 13.2 Å². The average molecular weight is 457 g/mol. The lowest BCUT2D eigenvalue weighted by Crippen LogP contribution is -2.46. The average Bonchev–Trinajstić information content (AvgIpc) is 2.67. The first-order chi connectivity index (χ1) is 14.2. The first-order valence-electron chi connectivity index (χ1n) is 8.80. The van der Waals surface area contributed by atoms with Crippen molar-refractivity contribution in [1.29, 1.82) is 0 Å². The van der Waals surface area contributed by atoms with E-state index in [2.05, 4.69) is 15.6 Å². The van der Waals surface area contributed by atoms with Gasteiger partial charge in [-0.1, -0.05) is 0 Å². The first-order valence-corrected chi connectivity index (χ1v) is 10.4. The molecule has 3 N–H and O–H groups in total. The lowest BCUT2D eigenvalue weighted by atomic mass is 9.97. The molecule has 1 unspecified atom stereocenters. The van der Waals surface area contributed by atoms with Crippen LogP contribution in [0.5, 0.6) is 0 Å². The number of amides is 2. The lowest BCUT2D eigenvalue weighted by Gasteiger charge is -2.22. The summed E-state index contributed by atoms with van der Waals surface area (Å²) in [5.41, 5.74) is -4.00. The van der Waals surface area contributed by atoms with Gasteiger partial charge in [0.05, 0.1) is 21.9 Å². The third-order valence-electron chi connectivity index (χ3n) is 4.31. The number of carbonyl (C=O) groups excluding carboxylic acids is 2. The molecule has 2 aromatic rings. The molecule has 31 heavy (non-hydrogen) atoms. The normalized spacial score (nSPS) is 13.9. The van der Waals surface area contributed by atoms with Crippen molar-refractivity contribution in [3.63, 3.8) is 0 Å². The fraction of sp³-hybridized carbons (Fsp3) is 0.278. The van der Waals surface area contributed by atoms with Gasteiger partial charge in [-0.25, -0.2) is 8.42 Å². The molecular formula is C18H19BF3N3O5S. The number of aliphatic hydroxyl groups is 1. The van der Waals surface area contributed by atoms with Crippen molar-refractivity contribution >= 4 is 40.8 Å². The molecule has 1 heterocycles. The summed E-state index contributed by atoms with van der Waals surface area (Å²) in [4.78, 5) is 27.2. The second-order valence-electron chi connectivity index (χ2n) is 6.95. The number of sulfone groups is 1. The van der Waals surface area contributed by atoms with Crippen LogP contribution in [0.25, 0.3) is 0 Å². The number of rotatable bonds is 6. The van der Waals surface area contributed by atoms with E-state index in [0.717, 1.165) is 33.1 Å². The number of aromatic nitrogens is 1. The smallest absolute Gasteiger partial charge is 0.379 e. The number of alkyl halides is 3. The number of hydrogen-bond acceptors (Lipinski definition) is 6. The standard InChI is InChI=1S/C18H19BF3N3O5S/c1-17(28,9-31(29,30)12-5-3-10(4-6-12)15(26)23-2)16(27)25-11-7-13(18(20,21)22)14(19)24-8-11/h3-8,28H,9,19H2,1-2H3,(H,23,26)(H,25,27). The van der Waals surface area contributed by atoms with Crippen molar-refractivity contribution in [3.8, 4) is 0 Å². The molecule has 0 radical (unpaired) electrons. The van der Waals surface area contributed by atoms with Crippen molar-refractivity contribution in [2.75, 3.05) is 18.1 Å². The van der Waals surface area contributed by atoms with Crippen LogP contribution in [0.1, 0.15) is 22.8 Å². The maximum absolute atomic E-state index is 13.0. The Bertz CT molecular complexity index is 1100. The van der Waals surface area contributed by atoms with E-state index < -0.39 is 44.7 Å².